The number of rotatable bonds is 5. The molecule has 3 aromatic rings. The van der Waals surface area contributed by atoms with Crippen molar-refractivity contribution < 1.29 is 22.4 Å². The molecule has 0 radical (unpaired) electrons. The lowest BCUT2D eigenvalue weighted by Gasteiger charge is -2.16. The molecule has 2 heterocycles. The fraction of sp³-hybridized carbons (Fsp3) is 0.167. The minimum Gasteiger partial charge on any atom is -0.469 e. The molecule has 130 valence electrons. The summed E-state index contributed by atoms with van der Waals surface area (Å²) in [7, 11) is 0. The molecule has 0 bridgehead atoms. The molecule has 0 aliphatic rings. The van der Waals surface area contributed by atoms with E-state index in [1.165, 1.54) is 35.8 Å². The third-order valence-electron chi connectivity index (χ3n) is 3.72. The van der Waals surface area contributed by atoms with Gasteiger partial charge in [0.25, 0.3) is 5.91 Å². The predicted molar refractivity (Wildman–Crippen MR) is 88.6 cm³/mol. The third kappa shape index (κ3) is 3.93. The molecule has 0 aliphatic carbocycles. The van der Waals surface area contributed by atoms with Gasteiger partial charge in [-0.05, 0) is 35.7 Å². The summed E-state index contributed by atoms with van der Waals surface area (Å²) in [5, 5.41) is 4.49. The molecule has 7 heteroatoms. The normalized spacial score (nSPS) is 12.8. The van der Waals surface area contributed by atoms with E-state index < -0.39 is 17.6 Å². The van der Waals surface area contributed by atoms with Crippen LogP contribution < -0.4 is 5.32 Å². The second kappa shape index (κ2) is 7.14. The van der Waals surface area contributed by atoms with Crippen molar-refractivity contribution in [1.29, 1.82) is 0 Å². The maximum atomic E-state index is 13.1. The van der Waals surface area contributed by atoms with Crippen LogP contribution in [0.3, 0.4) is 0 Å². The number of carbonyl (C=O) groups excluding carboxylic acids is 1. The zero-order valence-corrected chi connectivity index (χ0v) is 13.7. The molecule has 0 aliphatic heterocycles. The number of carbonyl (C=O) groups is 1. The van der Waals surface area contributed by atoms with E-state index in [4.69, 9.17) is 4.42 Å². The average molecular weight is 365 g/mol. The number of amides is 1. The number of thiophene rings is 1. The minimum atomic E-state index is -4.58. The van der Waals surface area contributed by atoms with E-state index in [1.54, 1.807) is 12.1 Å². The SMILES string of the molecule is O=C(NC[C@H](c1ccco1)c1cccs1)c1ccccc1C(F)(F)F. The molecule has 3 rings (SSSR count). The quantitative estimate of drug-likeness (QED) is 0.697. The van der Waals surface area contributed by atoms with Crippen molar-refractivity contribution in [1.82, 2.24) is 5.32 Å². The number of alkyl halides is 3. The Kier molecular flexibility index (Phi) is 4.94. The summed E-state index contributed by atoms with van der Waals surface area (Å²) >= 11 is 1.49. The Labute approximate surface area is 146 Å². The number of nitrogens with one attached hydrogen (secondary N) is 1. The summed E-state index contributed by atoms with van der Waals surface area (Å²) in [6.45, 7) is 0.138. The highest BCUT2D eigenvalue weighted by molar-refractivity contribution is 7.10. The van der Waals surface area contributed by atoms with Gasteiger partial charge in [-0.1, -0.05) is 18.2 Å². The highest BCUT2D eigenvalue weighted by Gasteiger charge is 2.35. The molecular weight excluding hydrogens is 351 g/mol. The van der Waals surface area contributed by atoms with Gasteiger partial charge in [-0.15, -0.1) is 11.3 Å². The minimum absolute atomic E-state index is 0.138. The lowest BCUT2D eigenvalue weighted by molar-refractivity contribution is -0.137. The van der Waals surface area contributed by atoms with E-state index >= 15 is 0 Å². The highest BCUT2D eigenvalue weighted by Crippen LogP contribution is 2.32. The Morgan fingerprint density at radius 2 is 1.92 bits per heavy atom. The molecule has 1 aromatic carbocycles. The van der Waals surface area contributed by atoms with Crippen molar-refractivity contribution in [2.24, 2.45) is 0 Å². The molecule has 1 atom stereocenters. The van der Waals surface area contributed by atoms with E-state index in [9.17, 15) is 18.0 Å². The fourth-order valence-corrected chi connectivity index (χ4v) is 3.37. The predicted octanol–water partition coefficient (Wildman–Crippen LogP) is 4.92. The molecule has 0 spiro atoms. The van der Waals surface area contributed by atoms with Crippen LogP contribution in [-0.4, -0.2) is 12.5 Å². The van der Waals surface area contributed by atoms with Crippen molar-refractivity contribution >= 4 is 17.2 Å². The first-order valence-corrected chi connectivity index (χ1v) is 8.36. The first-order valence-electron chi connectivity index (χ1n) is 7.48. The van der Waals surface area contributed by atoms with Gasteiger partial charge >= 0.3 is 6.18 Å². The molecule has 0 fully saturated rings. The molecule has 2 aromatic heterocycles. The Morgan fingerprint density at radius 1 is 1.12 bits per heavy atom. The van der Waals surface area contributed by atoms with E-state index in [-0.39, 0.29) is 18.0 Å². The molecule has 0 unspecified atom stereocenters. The third-order valence-corrected chi connectivity index (χ3v) is 4.70. The van der Waals surface area contributed by atoms with E-state index in [2.05, 4.69) is 5.32 Å². The topological polar surface area (TPSA) is 42.2 Å². The molecule has 0 saturated heterocycles. The Balaban J connectivity index is 1.80. The first kappa shape index (κ1) is 17.3. The zero-order chi connectivity index (χ0) is 17.9. The highest BCUT2D eigenvalue weighted by atomic mass is 32.1. The maximum absolute atomic E-state index is 13.1. The summed E-state index contributed by atoms with van der Waals surface area (Å²) < 4.78 is 44.6. The van der Waals surface area contributed by atoms with Crippen LogP contribution in [0, 0.1) is 0 Å². The van der Waals surface area contributed by atoms with Crippen LogP contribution in [0.25, 0.3) is 0 Å². The molecule has 3 nitrogen and oxygen atoms in total. The lowest BCUT2D eigenvalue weighted by atomic mass is 10.0. The van der Waals surface area contributed by atoms with Crippen LogP contribution in [0.4, 0.5) is 13.2 Å². The van der Waals surface area contributed by atoms with Crippen LogP contribution in [0.5, 0.6) is 0 Å². The summed E-state index contributed by atoms with van der Waals surface area (Å²) in [4.78, 5) is 13.3. The van der Waals surface area contributed by atoms with Gasteiger partial charge in [-0.2, -0.15) is 13.2 Å². The fourth-order valence-electron chi connectivity index (χ4n) is 2.54. The number of hydrogen-bond donors (Lipinski definition) is 1. The second-order valence-corrected chi connectivity index (χ2v) is 6.32. The van der Waals surface area contributed by atoms with Gasteiger partial charge in [0, 0.05) is 11.4 Å². The summed E-state index contributed by atoms with van der Waals surface area (Å²) in [6.07, 6.45) is -3.06. The molecule has 1 N–H and O–H groups in total. The molecule has 1 amide bonds. The van der Waals surface area contributed by atoms with E-state index in [0.717, 1.165) is 10.9 Å². The zero-order valence-electron chi connectivity index (χ0n) is 12.9. The van der Waals surface area contributed by atoms with Crippen LogP contribution >= 0.6 is 11.3 Å². The average Bonchev–Trinajstić information content (AvgIpc) is 3.28. The largest absolute Gasteiger partial charge is 0.469 e. The standard InChI is InChI=1S/C18H14F3NO2S/c19-18(20,21)14-6-2-1-5-12(14)17(23)22-11-13(15-7-3-9-24-15)16-8-4-10-25-16/h1-10,13H,11H2,(H,22,23)/t13-/m1/s1. The van der Waals surface area contributed by atoms with Gasteiger partial charge in [0.15, 0.2) is 0 Å². The van der Waals surface area contributed by atoms with Crippen LogP contribution in [0.2, 0.25) is 0 Å². The Bertz CT molecular complexity index is 792. The van der Waals surface area contributed by atoms with E-state index in [1.807, 2.05) is 17.5 Å². The van der Waals surface area contributed by atoms with Crippen molar-refractivity contribution in [2.75, 3.05) is 6.54 Å². The van der Waals surface area contributed by atoms with Gasteiger partial charge in [-0.3, -0.25) is 4.79 Å². The Morgan fingerprint density at radius 3 is 2.56 bits per heavy atom. The van der Waals surface area contributed by atoms with Gasteiger partial charge in [-0.25, -0.2) is 0 Å². The number of hydrogen-bond acceptors (Lipinski definition) is 3. The van der Waals surface area contributed by atoms with Crippen molar-refractivity contribution in [2.45, 2.75) is 12.1 Å². The molecular formula is C18H14F3NO2S. The second-order valence-electron chi connectivity index (χ2n) is 5.34. The Hall–Kier alpha value is -2.54. The van der Waals surface area contributed by atoms with Crippen molar-refractivity contribution in [3.63, 3.8) is 0 Å². The summed E-state index contributed by atoms with van der Waals surface area (Å²) in [5.41, 5.74) is -1.34. The first-order chi connectivity index (χ1) is 12.0. The number of benzene rings is 1. The monoisotopic (exact) mass is 365 g/mol. The van der Waals surface area contributed by atoms with Gasteiger partial charge in [0.2, 0.25) is 0 Å². The number of halogens is 3. The summed E-state index contributed by atoms with van der Waals surface area (Å²) in [5.74, 6) is -0.370. The van der Waals surface area contributed by atoms with Gasteiger partial charge in [0.1, 0.15) is 5.76 Å². The number of furan rings is 1. The smallest absolute Gasteiger partial charge is 0.417 e. The van der Waals surface area contributed by atoms with Crippen molar-refractivity contribution in [3.8, 4) is 0 Å². The molecule has 25 heavy (non-hydrogen) atoms. The van der Waals surface area contributed by atoms with Gasteiger partial charge in [0.05, 0.1) is 23.3 Å². The summed E-state index contributed by atoms with van der Waals surface area (Å²) in [6, 6.07) is 12.0. The van der Waals surface area contributed by atoms with Gasteiger partial charge < -0.3 is 9.73 Å². The van der Waals surface area contributed by atoms with Crippen molar-refractivity contribution in [3.05, 3.63) is 81.9 Å². The van der Waals surface area contributed by atoms with Crippen LogP contribution in [0.15, 0.2) is 64.6 Å². The molecule has 0 saturated carbocycles. The maximum Gasteiger partial charge on any atom is 0.417 e. The van der Waals surface area contributed by atoms with E-state index in [0.29, 0.717) is 5.76 Å². The lowest BCUT2D eigenvalue weighted by Crippen LogP contribution is -2.30. The van der Waals surface area contributed by atoms with Crippen LogP contribution in [0.1, 0.15) is 32.5 Å². The van der Waals surface area contributed by atoms with Crippen LogP contribution in [-0.2, 0) is 6.18 Å².